The number of hydrogen-bond acceptors (Lipinski definition) is 5. The van der Waals surface area contributed by atoms with E-state index in [1.165, 1.54) is 11.8 Å². The molecule has 162 valence electrons. The highest BCUT2D eigenvalue weighted by molar-refractivity contribution is 8.02. The van der Waals surface area contributed by atoms with Crippen LogP contribution >= 0.6 is 11.8 Å². The summed E-state index contributed by atoms with van der Waals surface area (Å²) >= 11 is 1.43. The van der Waals surface area contributed by atoms with Gasteiger partial charge >= 0.3 is 0 Å². The smallest absolute Gasteiger partial charge is 0.230 e. The van der Waals surface area contributed by atoms with Crippen LogP contribution in [0, 0.1) is 0 Å². The monoisotopic (exact) mass is 455 g/mol. The fourth-order valence-corrected chi connectivity index (χ4v) is 7.09. The van der Waals surface area contributed by atoms with E-state index < -0.39 is 9.84 Å². The van der Waals surface area contributed by atoms with Crippen LogP contribution in [0.3, 0.4) is 0 Å². The number of carbonyl (C=O) groups is 1. The van der Waals surface area contributed by atoms with Gasteiger partial charge in [-0.05, 0) is 12.0 Å². The second-order valence-corrected chi connectivity index (χ2v) is 11.2. The summed E-state index contributed by atoms with van der Waals surface area (Å²) < 4.78 is 25.1. The van der Waals surface area contributed by atoms with Gasteiger partial charge in [0.15, 0.2) is 9.84 Å². The van der Waals surface area contributed by atoms with E-state index in [0.29, 0.717) is 19.5 Å². The van der Waals surface area contributed by atoms with Crippen LogP contribution in [-0.4, -0.2) is 46.6 Å². The average Bonchev–Trinajstić information content (AvgIpc) is 3.34. The zero-order chi connectivity index (χ0) is 21.7. The molecular formula is C23H25N3O3S2. The normalized spacial score (nSPS) is 17.5. The Bertz CT molecular complexity index is 1130. The Balaban J connectivity index is 1.42. The first-order chi connectivity index (χ1) is 15.0. The van der Waals surface area contributed by atoms with Crippen LogP contribution in [0.1, 0.15) is 17.5 Å². The molecule has 1 fully saturated rings. The molecular weight excluding hydrogens is 430 g/mol. The molecule has 1 saturated heterocycles. The number of nitrogens with one attached hydrogen (secondary N) is 1. The Labute approximate surface area is 187 Å². The van der Waals surface area contributed by atoms with Crippen LogP contribution < -0.4 is 5.32 Å². The van der Waals surface area contributed by atoms with Crippen LogP contribution in [0.5, 0.6) is 0 Å². The van der Waals surface area contributed by atoms with Crippen molar-refractivity contribution in [2.24, 2.45) is 0 Å². The predicted octanol–water partition coefficient (Wildman–Crippen LogP) is 3.13. The number of amides is 1. The van der Waals surface area contributed by atoms with Gasteiger partial charge in [-0.2, -0.15) is 5.10 Å². The predicted molar refractivity (Wildman–Crippen MR) is 125 cm³/mol. The lowest BCUT2D eigenvalue weighted by Gasteiger charge is -2.08. The molecule has 0 radical (unpaired) electrons. The summed E-state index contributed by atoms with van der Waals surface area (Å²) in [4.78, 5) is 12.4. The second-order valence-electron chi connectivity index (χ2n) is 7.66. The molecule has 3 aromatic rings. The van der Waals surface area contributed by atoms with Crippen LogP contribution in [0.25, 0.3) is 11.3 Å². The van der Waals surface area contributed by atoms with Gasteiger partial charge in [0.2, 0.25) is 5.91 Å². The lowest BCUT2D eigenvalue weighted by molar-refractivity contribution is -0.118. The highest BCUT2D eigenvalue weighted by atomic mass is 32.2. The SMILES string of the molecule is O=C(CSC1CCS(=O)(=O)C1)NCc1cn(Cc2ccccc2)nc1-c1ccccc1. The molecule has 1 aliphatic heterocycles. The third-order valence-corrected chi connectivity index (χ3v) is 8.47. The lowest BCUT2D eigenvalue weighted by atomic mass is 10.1. The van der Waals surface area contributed by atoms with Crippen LogP contribution in [0.4, 0.5) is 0 Å². The highest BCUT2D eigenvalue weighted by Crippen LogP contribution is 2.25. The average molecular weight is 456 g/mol. The Morgan fingerprint density at radius 3 is 2.48 bits per heavy atom. The summed E-state index contributed by atoms with van der Waals surface area (Å²) in [6.07, 6.45) is 2.61. The molecule has 1 atom stereocenters. The minimum atomic E-state index is -2.92. The first-order valence-electron chi connectivity index (χ1n) is 10.2. The molecule has 1 amide bonds. The van der Waals surface area contributed by atoms with Crippen molar-refractivity contribution < 1.29 is 13.2 Å². The molecule has 6 nitrogen and oxygen atoms in total. The number of aromatic nitrogens is 2. The first-order valence-corrected chi connectivity index (χ1v) is 13.1. The maximum absolute atomic E-state index is 12.4. The molecule has 8 heteroatoms. The lowest BCUT2D eigenvalue weighted by Crippen LogP contribution is -2.25. The molecule has 1 unspecified atom stereocenters. The molecule has 0 bridgehead atoms. The molecule has 1 aliphatic rings. The van der Waals surface area contributed by atoms with Crippen molar-refractivity contribution in [3.05, 3.63) is 78.0 Å². The summed E-state index contributed by atoms with van der Waals surface area (Å²) in [5, 5.41) is 7.76. The van der Waals surface area contributed by atoms with E-state index in [1.54, 1.807) is 0 Å². The maximum Gasteiger partial charge on any atom is 0.230 e. The van der Waals surface area contributed by atoms with Crippen LogP contribution in [-0.2, 0) is 27.7 Å². The fourth-order valence-electron chi connectivity index (χ4n) is 3.61. The van der Waals surface area contributed by atoms with Gasteiger partial charge in [0.1, 0.15) is 0 Å². The molecule has 4 rings (SSSR count). The van der Waals surface area contributed by atoms with Gasteiger partial charge in [-0.15, -0.1) is 11.8 Å². The van der Waals surface area contributed by atoms with E-state index in [9.17, 15) is 13.2 Å². The van der Waals surface area contributed by atoms with Gasteiger partial charge in [-0.25, -0.2) is 8.42 Å². The number of sulfone groups is 1. The zero-order valence-corrected chi connectivity index (χ0v) is 18.7. The van der Waals surface area contributed by atoms with Gasteiger partial charge < -0.3 is 5.32 Å². The van der Waals surface area contributed by atoms with E-state index in [2.05, 4.69) is 17.4 Å². The molecule has 1 aromatic heterocycles. The third-order valence-electron chi connectivity index (χ3n) is 5.19. The largest absolute Gasteiger partial charge is 0.351 e. The van der Waals surface area contributed by atoms with Crippen molar-refractivity contribution in [1.82, 2.24) is 15.1 Å². The van der Waals surface area contributed by atoms with Crippen molar-refractivity contribution in [1.29, 1.82) is 0 Å². The van der Waals surface area contributed by atoms with E-state index >= 15 is 0 Å². The van der Waals surface area contributed by atoms with Gasteiger partial charge in [0.25, 0.3) is 0 Å². The van der Waals surface area contributed by atoms with Gasteiger partial charge in [-0.3, -0.25) is 9.48 Å². The fraction of sp³-hybridized carbons (Fsp3) is 0.304. The summed E-state index contributed by atoms with van der Waals surface area (Å²) in [5.74, 6) is 0.575. The molecule has 0 saturated carbocycles. The zero-order valence-electron chi connectivity index (χ0n) is 17.1. The molecule has 2 heterocycles. The molecule has 2 aromatic carbocycles. The van der Waals surface area contributed by atoms with Crippen molar-refractivity contribution in [3.8, 4) is 11.3 Å². The summed E-state index contributed by atoms with van der Waals surface area (Å²) in [6, 6.07) is 20.1. The first kappa shape index (κ1) is 21.6. The second kappa shape index (κ2) is 9.70. The number of hydrogen-bond donors (Lipinski definition) is 1. The molecule has 0 aliphatic carbocycles. The van der Waals surface area contributed by atoms with E-state index in [0.717, 1.165) is 22.4 Å². The Kier molecular flexibility index (Phi) is 6.77. The quantitative estimate of drug-likeness (QED) is 0.564. The van der Waals surface area contributed by atoms with Gasteiger partial charge in [0.05, 0.1) is 29.5 Å². The van der Waals surface area contributed by atoms with Crippen molar-refractivity contribution in [3.63, 3.8) is 0 Å². The standard InChI is InChI=1S/C23H25N3O3S2/c27-22(16-30-21-11-12-31(28,29)17-21)24-13-20-15-26(14-18-7-3-1-4-8-18)25-23(20)19-9-5-2-6-10-19/h1-10,15,21H,11-14,16-17H2,(H,24,27). The van der Waals surface area contributed by atoms with Crippen LogP contribution in [0.15, 0.2) is 66.9 Å². The number of rotatable bonds is 8. The van der Waals surface area contributed by atoms with Crippen molar-refractivity contribution in [2.45, 2.75) is 24.8 Å². The summed E-state index contributed by atoms with van der Waals surface area (Å²) in [5.41, 5.74) is 3.96. The minimum Gasteiger partial charge on any atom is -0.351 e. The Morgan fingerprint density at radius 2 is 1.81 bits per heavy atom. The Morgan fingerprint density at radius 1 is 1.10 bits per heavy atom. The number of benzene rings is 2. The van der Waals surface area contributed by atoms with E-state index in [4.69, 9.17) is 5.10 Å². The number of carbonyl (C=O) groups excluding carboxylic acids is 1. The van der Waals surface area contributed by atoms with E-state index in [1.807, 2.05) is 59.4 Å². The highest BCUT2D eigenvalue weighted by Gasteiger charge is 2.28. The molecule has 31 heavy (non-hydrogen) atoms. The third kappa shape index (κ3) is 5.98. The topological polar surface area (TPSA) is 81.1 Å². The van der Waals surface area contributed by atoms with Crippen molar-refractivity contribution >= 4 is 27.5 Å². The number of thioether (sulfide) groups is 1. The van der Waals surface area contributed by atoms with Crippen molar-refractivity contribution in [2.75, 3.05) is 17.3 Å². The summed E-state index contributed by atoms with van der Waals surface area (Å²) in [7, 11) is -2.92. The maximum atomic E-state index is 12.4. The van der Waals surface area contributed by atoms with Gasteiger partial charge in [0, 0.05) is 29.1 Å². The Hall–Kier alpha value is -2.58. The molecule has 0 spiro atoms. The van der Waals surface area contributed by atoms with Gasteiger partial charge in [-0.1, -0.05) is 60.7 Å². The van der Waals surface area contributed by atoms with Crippen LogP contribution in [0.2, 0.25) is 0 Å². The summed E-state index contributed by atoms with van der Waals surface area (Å²) in [6.45, 7) is 1.03. The molecule has 1 N–H and O–H groups in total. The number of nitrogens with zero attached hydrogens (tertiary/aromatic N) is 2. The van der Waals surface area contributed by atoms with E-state index in [-0.39, 0.29) is 28.4 Å². The minimum absolute atomic E-state index is 0.0178.